The Morgan fingerprint density at radius 3 is 1.67 bits per heavy atom. The highest BCUT2D eigenvalue weighted by Gasteiger charge is 2.21. The van der Waals surface area contributed by atoms with Crippen LogP contribution in [-0.4, -0.2) is 72.9 Å². The maximum Gasteiger partial charge on any atom is 0.332 e. The van der Waals surface area contributed by atoms with Crippen LogP contribution in [0.2, 0.25) is 51.4 Å². The summed E-state index contributed by atoms with van der Waals surface area (Å²) in [6, 6.07) is 2.05. The molecule has 0 aliphatic carbocycles. The van der Waals surface area contributed by atoms with E-state index in [1.54, 1.807) is 16.2 Å². The predicted molar refractivity (Wildman–Crippen MR) is 189 cm³/mol. The number of hydrogen-bond donors (Lipinski definition) is 1. The number of H-pyrrole nitrogens is 1. The molecular weight excluding hydrogens is 764 g/mol. The zero-order valence-electron chi connectivity index (χ0n) is 27.7. The normalized spacial score (nSPS) is 12.2. The van der Waals surface area contributed by atoms with E-state index >= 15 is 0 Å². The molecule has 0 aliphatic heterocycles. The van der Waals surface area contributed by atoms with E-state index in [0.29, 0.717) is 33.8 Å². The van der Waals surface area contributed by atoms with Crippen molar-refractivity contribution < 1.29 is 14.3 Å². The smallest absolute Gasteiger partial charge is 0.332 e. The van der Waals surface area contributed by atoms with Crippen molar-refractivity contribution in [1.29, 1.82) is 0 Å². The first-order valence-electron chi connectivity index (χ1n) is 14.6. The molecule has 1 N–H and O–H groups in total. The predicted octanol–water partition coefficient (Wildman–Crippen LogP) is 3.06. The Balaban J connectivity index is 0.000000254. The van der Waals surface area contributed by atoms with Crippen molar-refractivity contribution in [2.45, 2.75) is 78.3 Å². The number of carbonyl (C=O) groups excluding carboxylic acids is 1. The minimum atomic E-state index is -1.21. The van der Waals surface area contributed by atoms with Crippen LogP contribution < -0.4 is 22.5 Å². The third-order valence-electron chi connectivity index (χ3n) is 6.96. The molecular formula is C27H42Br2N8O7Si2. The fraction of sp³-hybridized carbons (Fsp3) is 0.593. The van der Waals surface area contributed by atoms with Crippen LogP contribution in [0.3, 0.4) is 0 Å². The van der Waals surface area contributed by atoms with E-state index < -0.39 is 38.6 Å². The molecule has 46 heavy (non-hydrogen) atoms. The fourth-order valence-electron chi connectivity index (χ4n) is 4.22. The van der Waals surface area contributed by atoms with Crippen molar-refractivity contribution in [3.8, 4) is 0 Å². The maximum atomic E-state index is 12.7. The Labute approximate surface area is 283 Å². The van der Waals surface area contributed by atoms with Gasteiger partial charge in [-0.05, 0) is 50.9 Å². The van der Waals surface area contributed by atoms with Crippen LogP contribution in [0.4, 0.5) is 0 Å². The Bertz CT molecular complexity index is 1980. The number of hydrogen-bond acceptors (Lipinski definition) is 9. The summed E-state index contributed by atoms with van der Waals surface area (Å²) in [6.45, 7) is 16.3. The number of rotatable bonds is 12. The summed E-state index contributed by atoms with van der Waals surface area (Å²) in [5.41, 5.74) is -0.880. The van der Waals surface area contributed by atoms with Gasteiger partial charge in [0.25, 0.3) is 11.1 Å². The lowest BCUT2D eigenvalue weighted by Crippen LogP contribution is -2.41. The van der Waals surface area contributed by atoms with E-state index in [9.17, 15) is 24.0 Å². The standard InChI is InChI=1S/C15H23BrN4O4Si.C12H19BrN4O3Si/c1-10(21)8-19-13(22)11-12(18(2)15(19)23)17-14(16)20(11)9-24-6-7-25(3,4)5;1-16-9-8(10(18)15-12(16)19)17(11(13)14-9)7-20-5-6-21(2,3)4/h6-9H2,1-5H3;5-7H2,1-4H3,(H,15,18,19). The molecule has 0 atom stereocenters. The van der Waals surface area contributed by atoms with Gasteiger partial charge in [0, 0.05) is 43.5 Å². The highest BCUT2D eigenvalue weighted by molar-refractivity contribution is 9.10. The second kappa shape index (κ2) is 15.0. The summed E-state index contributed by atoms with van der Waals surface area (Å²) in [7, 11) is 0.730. The van der Waals surface area contributed by atoms with Gasteiger partial charge in [-0.3, -0.25) is 42.2 Å². The van der Waals surface area contributed by atoms with Gasteiger partial charge < -0.3 is 9.47 Å². The first kappa shape index (κ1) is 37.7. The van der Waals surface area contributed by atoms with Crippen LogP contribution in [0, 0.1) is 0 Å². The lowest BCUT2D eigenvalue weighted by atomic mass is 10.4. The highest BCUT2D eigenvalue weighted by atomic mass is 79.9. The molecule has 0 aliphatic rings. The lowest BCUT2D eigenvalue weighted by molar-refractivity contribution is -0.117. The number of Topliss-reactive ketones (excluding diaryl/α,β-unsaturated/α-hetero) is 1. The Hall–Kier alpha value is -2.72. The second-order valence-corrected chi connectivity index (χ2v) is 26.1. The molecule has 4 rings (SSSR count). The van der Waals surface area contributed by atoms with E-state index in [4.69, 9.17) is 9.47 Å². The van der Waals surface area contributed by atoms with Crippen molar-refractivity contribution >= 4 is 76.1 Å². The Morgan fingerprint density at radius 1 is 0.761 bits per heavy atom. The SMILES string of the molecule is CC(=O)Cn1c(=O)c2c(nc(Br)n2COCC[Si](C)(C)C)n(C)c1=O.Cn1c(=O)[nH]c(=O)c2c1nc(Br)n2COCC[Si](C)(C)C. The molecule has 0 unspecified atom stereocenters. The number of nitrogens with one attached hydrogen (secondary N) is 1. The number of aromatic amines is 1. The molecule has 0 aromatic carbocycles. The van der Waals surface area contributed by atoms with Gasteiger partial charge in [0.05, 0.1) is 6.54 Å². The van der Waals surface area contributed by atoms with E-state index in [0.717, 1.165) is 16.7 Å². The summed E-state index contributed by atoms with van der Waals surface area (Å²) < 4.78 is 18.9. The van der Waals surface area contributed by atoms with Crippen molar-refractivity contribution in [2.24, 2.45) is 14.1 Å². The quantitative estimate of drug-likeness (QED) is 0.129. The summed E-state index contributed by atoms with van der Waals surface area (Å²) in [5.74, 6) is -0.268. The number of aromatic nitrogens is 8. The van der Waals surface area contributed by atoms with Crippen molar-refractivity contribution in [3.05, 3.63) is 51.1 Å². The molecule has 0 spiro atoms. The largest absolute Gasteiger partial charge is 0.361 e. The van der Waals surface area contributed by atoms with Gasteiger partial charge in [-0.15, -0.1) is 0 Å². The summed E-state index contributed by atoms with van der Waals surface area (Å²) in [5, 5.41) is 0. The number of carbonyl (C=O) groups is 1. The summed E-state index contributed by atoms with van der Waals surface area (Å²) in [6.07, 6.45) is 0. The molecule has 0 amide bonds. The number of halogens is 2. The first-order chi connectivity index (χ1) is 21.2. The fourth-order valence-corrected chi connectivity index (χ4v) is 6.63. The molecule has 254 valence electrons. The number of imidazole rings is 2. The highest BCUT2D eigenvalue weighted by Crippen LogP contribution is 2.18. The van der Waals surface area contributed by atoms with E-state index in [-0.39, 0.29) is 37.0 Å². The van der Waals surface area contributed by atoms with Crippen LogP contribution >= 0.6 is 31.9 Å². The Kier molecular flexibility index (Phi) is 12.3. The number of ether oxygens (including phenoxy) is 2. The minimum Gasteiger partial charge on any atom is -0.361 e. The number of ketones is 1. The van der Waals surface area contributed by atoms with Gasteiger partial charge in [-0.25, -0.2) is 19.6 Å². The average molecular weight is 807 g/mol. The first-order valence-corrected chi connectivity index (χ1v) is 23.6. The topological polar surface area (TPSA) is 170 Å². The van der Waals surface area contributed by atoms with Crippen LogP contribution in [-0.2, 0) is 48.4 Å². The molecule has 0 saturated heterocycles. The summed E-state index contributed by atoms with van der Waals surface area (Å²) >= 11 is 6.63. The third-order valence-corrected chi connectivity index (χ3v) is 11.6. The van der Waals surface area contributed by atoms with E-state index in [1.165, 1.54) is 23.1 Å². The molecule has 0 radical (unpaired) electrons. The second-order valence-electron chi connectivity index (χ2n) is 13.4. The van der Waals surface area contributed by atoms with Crippen LogP contribution in [0.5, 0.6) is 0 Å². The molecule has 0 bridgehead atoms. The van der Waals surface area contributed by atoms with Crippen molar-refractivity contribution in [1.82, 2.24) is 37.8 Å². The molecule has 19 heteroatoms. The number of fused-ring (bicyclic) bond motifs is 2. The average Bonchev–Trinajstić information content (AvgIpc) is 3.45. The maximum absolute atomic E-state index is 12.7. The number of aryl methyl sites for hydroxylation is 2. The van der Waals surface area contributed by atoms with Gasteiger partial charge in [-0.2, -0.15) is 0 Å². The van der Waals surface area contributed by atoms with Gasteiger partial charge in [0.15, 0.2) is 31.8 Å². The van der Waals surface area contributed by atoms with Crippen molar-refractivity contribution in [3.63, 3.8) is 0 Å². The van der Waals surface area contributed by atoms with E-state index in [1.807, 2.05) is 0 Å². The van der Waals surface area contributed by atoms with Gasteiger partial charge >= 0.3 is 11.4 Å². The molecule has 0 saturated carbocycles. The number of nitrogens with zero attached hydrogens (tertiary/aromatic N) is 7. The van der Waals surface area contributed by atoms with E-state index in [2.05, 4.69) is 86.1 Å². The van der Waals surface area contributed by atoms with Gasteiger partial charge in [-0.1, -0.05) is 39.3 Å². The molecule has 4 aromatic rings. The molecule has 0 fully saturated rings. The zero-order chi connectivity index (χ0) is 34.7. The monoisotopic (exact) mass is 804 g/mol. The molecule has 4 heterocycles. The van der Waals surface area contributed by atoms with Crippen molar-refractivity contribution in [2.75, 3.05) is 13.2 Å². The van der Waals surface area contributed by atoms with Crippen LogP contribution in [0.15, 0.2) is 28.6 Å². The molecule has 4 aromatic heterocycles. The van der Waals surface area contributed by atoms with Crippen LogP contribution in [0.25, 0.3) is 22.3 Å². The minimum absolute atomic E-state index is 0.148. The van der Waals surface area contributed by atoms with Crippen LogP contribution in [0.1, 0.15) is 6.92 Å². The zero-order valence-corrected chi connectivity index (χ0v) is 32.9. The molecule has 15 nitrogen and oxygen atoms in total. The van der Waals surface area contributed by atoms with Gasteiger partial charge in [0.2, 0.25) is 0 Å². The van der Waals surface area contributed by atoms with Gasteiger partial charge in [0.1, 0.15) is 19.2 Å². The lowest BCUT2D eigenvalue weighted by Gasteiger charge is -2.16. The third kappa shape index (κ3) is 9.21. The summed E-state index contributed by atoms with van der Waals surface area (Å²) in [4.78, 5) is 70.7. The Morgan fingerprint density at radius 2 is 1.22 bits per heavy atom.